The maximum atomic E-state index is 13.1. The molecule has 0 aromatic heterocycles. The molecule has 6 nitrogen and oxygen atoms in total. The van der Waals surface area contributed by atoms with Gasteiger partial charge in [0.15, 0.2) is 0 Å². The summed E-state index contributed by atoms with van der Waals surface area (Å²) >= 11 is 0. The third kappa shape index (κ3) is 5.18. The minimum Gasteiger partial charge on any atom is -0.480 e. The Kier molecular flexibility index (Phi) is 6.79. The highest BCUT2D eigenvalue weighted by molar-refractivity contribution is 5.95. The van der Waals surface area contributed by atoms with Crippen molar-refractivity contribution in [2.24, 2.45) is 0 Å². The molecule has 0 saturated carbocycles. The number of anilines is 1. The number of carbonyl (C=O) groups is 2. The molecule has 1 aliphatic heterocycles. The van der Waals surface area contributed by atoms with Crippen molar-refractivity contribution >= 4 is 17.6 Å². The lowest BCUT2D eigenvalue weighted by atomic mass is 9.97. The summed E-state index contributed by atoms with van der Waals surface area (Å²) < 4.78 is 0. The fraction of sp³-hybridized carbons (Fsp3) is 0.364. The normalized spacial score (nSPS) is 16.6. The van der Waals surface area contributed by atoms with Gasteiger partial charge < -0.3 is 10.4 Å². The molecule has 2 aromatic carbocycles. The van der Waals surface area contributed by atoms with E-state index in [1.807, 2.05) is 72.6 Å². The van der Waals surface area contributed by atoms with Crippen LogP contribution in [0.4, 0.5) is 5.69 Å². The fourth-order valence-electron chi connectivity index (χ4n) is 3.82. The van der Waals surface area contributed by atoms with Crippen LogP contribution in [0.3, 0.4) is 0 Å². The molecule has 1 amide bonds. The number of para-hydroxylation sites is 1. The van der Waals surface area contributed by atoms with Gasteiger partial charge in [-0.1, -0.05) is 48.5 Å². The van der Waals surface area contributed by atoms with Gasteiger partial charge in [0, 0.05) is 24.8 Å². The monoisotopic (exact) mass is 381 g/mol. The molecule has 0 aliphatic carbocycles. The summed E-state index contributed by atoms with van der Waals surface area (Å²) in [6.07, 6.45) is 1.68. The standard InChI is InChI=1S/C22H27N3O3/c1-24(16-20(26)27)19-12-14-25(15-13-19)21(17-8-4-2-5-9-17)22(28)23-18-10-6-3-7-11-18/h2-11,19,21H,12-16H2,1H3,(H,23,28)(H,26,27). The van der Waals surface area contributed by atoms with Crippen molar-refractivity contribution in [3.63, 3.8) is 0 Å². The molecule has 1 heterocycles. The average Bonchev–Trinajstić information content (AvgIpc) is 2.70. The first-order chi connectivity index (χ1) is 13.5. The predicted molar refractivity (Wildman–Crippen MR) is 109 cm³/mol. The zero-order valence-corrected chi connectivity index (χ0v) is 16.1. The Hall–Kier alpha value is -2.70. The van der Waals surface area contributed by atoms with Crippen LogP contribution in [-0.2, 0) is 9.59 Å². The Morgan fingerprint density at radius 2 is 1.64 bits per heavy atom. The van der Waals surface area contributed by atoms with E-state index >= 15 is 0 Å². The van der Waals surface area contributed by atoms with Crippen molar-refractivity contribution in [1.29, 1.82) is 0 Å². The quantitative estimate of drug-likeness (QED) is 0.772. The van der Waals surface area contributed by atoms with Crippen LogP contribution >= 0.6 is 0 Å². The molecule has 0 bridgehead atoms. The Morgan fingerprint density at radius 3 is 2.21 bits per heavy atom. The fourth-order valence-corrected chi connectivity index (χ4v) is 3.82. The Bertz CT molecular complexity index is 774. The second kappa shape index (κ2) is 9.48. The van der Waals surface area contributed by atoms with E-state index in [1.165, 1.54) is 0 Å². The molecular formula is C22H27N3O3. The number of nitrogens with zero attached hydrogens (tertiary/aromatic N) is 2. The van der Waals surface area contributed by atoms with Gasteiger partial charge in [-0.05, 0) is 37.6 Å². The maximum Gasteiger partial charge on any atom is 0.317 e. The van der Waals surface area contributed by atoms with E-state index in [-0.39, 0.29) is 24.5 Å². The van der Waals surface area contributed by atoms with Crippen LogP contribution in [-0.4, -0.2) is 59.5 Å². The summed E-state index contributed by atoms with van der Waals surface area (Å²) in [7, 11) is 1.85. The highest BCUT2D eigenvalue weighted by Gasteiger charge is 2.32. The van der Waals surface area contributed by atoms with Crippen LogP contribution in [0.1, 0.15) is 24.4 Å². The number of carboxylic acid groups (broad SMARTS) is 1. The minimum atomic E-state index is -0.811. The lowest BCUT2D eigenvalue weighted by Gasteiger charge is -2.39. The van der Waals surface area contributed by atoms with Gasteiger partial charge in [0.1, 0.15) is 6.04 Å². The highest BCUT2D eigenvalue weighted by atomic mass is 16.4. The number of aliphatic carboxylic acids is 1. The molecule has 1 saturated heterocycles. The molecule has 1 atom stereocenters. The van der Waals surface area contributed by atoms with Crippen molar-refractivity contribution in [2.75, 3.05) is 32.0 Å². The van der Waals surface area contributed by atoms with E-state index in [9.17, 15) is 9.59 Å². The zero-order chi connectivity index (χ0) is 19.9. The number of benzene rings is 2. The van der Waals surface area contributed by atoms with Crippen LogP contribution in [0.5, 0.6) is 0 Å². The van der Waals surface area contributed by atoms with Crippen LogP contribution in [0, 0.1) is 0 Å². The van der Waals surface area contributed by atoms with Crippen molar-refractivity contribution < 1.29 is 14.7 Å². The summed E-state index contributed by atoms with van der Waals surface area (Å²) in [5, 5.41) is 12.0. The van der Waals surface area contributed by atoms with Crippen LogP contribution in [0.15, 0.2) is 60.7 Å². The van der Waals surface area contributed by atoms with E-state index in [0.29, 0.717) is 0 Å². The Balaban J connectivity index is 1.72. The number of likely N-dealkylation sites (N-methyl/N-ethyl adjacent to an activating group) is 1. The molecule has 2 N–H and O–H groups in total. The topological polar surface area (TPSA) is 72.9 Å². The van der Waals surface area contributed by atoms with Gasteiger partial charge in [-0.25, -0.2) is 0 Å². The zero-order valence-electron chi connectivity index (χ0n) is 16.1. The number of rotatable bonds is 7. The average molecular weight is 381 g/mol. The molecule has 0 spiro atoms. The van der Waals surface area contributed by atoms with E-state index in [2.05, 4.69) is 10.2 Å². The summed E-state index contributed by atoms with van der Waals surface area (Å²) in [5.41, 5.74) is 1.75. The number of likely N-dealkylation sites (tertiary alicyclic amines) is 1. The molecule has 3 rings (SSSR count). The number of hydrogen-bond acceptors (Lipinski definition) is 4. The Labute approximate surface area is 165 Å². The van der Waals surface area contributed by atoms with Crippen molar-refractivity contribution in [1.82, 2.24) is 9.80 Å². The number of nitrogens with one attached hydrogen (secondary N) is 1. The van der Waals surface area contributed by atoms with E-state index in [0.717, 1.165) is 37.2 Å². The van der Waals surface area contributed by atoms with Gasteiger partial charge in [0.05, 0.1) is 6.54 Å². The molecule has 28 heavy (non-hydrogen) atoms. The number of hydrogen-bond donors (Lipinski definition) is 2. The first-order valence-electron chi connectivity index (χ1n) is 9.61. The molecule has 6 heteroatoms. The number of carbonyl (C=O) groups excluding carboxylic acids is 1. The van der Waals surface area contributed by atoms with Gasteiger partial charge in [-0.15, -0.1) is 0 Å². The first-order valence-corrected chi connectivity index (χ1v) is 9.61. The van der Waals surface area contributed by atoms with Crippen molar-refractivity contribution in [3.05, 3.63) is 66.2 Å². The highest BCUT2D eigenvalue weighted by Crippen LogP contribution is 2.27. The molecule has 1 aliphatic rings. The molecule has 148 valence electrons. The van der Waals surface area contributed by atoms with Gasteiger partial charge in [0.25, 0.3) is 0 Å². The second-order valence-electron chi connectivity index (χ2n) is 7.24. The molecule has 1 fully saturated rings. The largest absolute Gasteiger partial charge is 0.480 e. The first kappa shape index (κ1) is 20.0. The Morgan fingerprint density at radius 1 is 1.07 bits per heavy atom. The minimum absolute atomic E-state index is 0.0429. The summed E-state index contributed by atoms with van der Waals surface area (Å²) in [6.45, 7) is 1.54. The number of carboxylic acids is 1. The third-order valence-electron chi connectivity index (χ3n) is 5.28. The van der Waals surface area contributed by atoms with E-state index in [4.69, 9.17) is 5.11 Å². The van der Waals surface area contributed by atoms with Gasteiger partial charge in [0.2, 0.25) is 5.91 Å². The smallest absolute Gasteiger partial charge is 0.317 e. The van der Waals surface area contributed by atoms with Crippen LogP contribution in [0.25, 0.3) is 0 Å². The van der Waals surface area contributed by atoms with Gasteiger partial charge in [-0.2, -0.15) is 0 Å². The lowest BCUT2D eigenvalue weighted by Crippen LogP contribution is -2.48. The maximum absolute atomic E-state index is 13.1. The summed E-state index contributed by atoms with van der Waals surface area (Å²) in [6, 6.07) is 19.2. The van der Waals surface area contributed by atoms with Gasteiger partial charge >= 0.3 is 5.97 Å². The second-order valence-corrected chi connectivity index (χ2v) is 7.24. The lowest BCUT2D eigenvalue weighted by molar-refractivity contribution is -0.138. The molecule has 0 radical (unpaired) electrons. The summed E-state index contributed by atoms with van der Waals surface area (Å²) in [4.78, 5) is 28.2. The van der Waals surface area contributed by atoms with Crippen LogP contribution < -0.4 is 5.32 Å². The number of piperidine rings is 1. The van der Waals surface area contributed by atoms with Crippen molar-refractivity contribution in [3.8, 4) is 0 Å². The predicted octanol–water partition coefficient (Wildman–Crippen LogP) is 2.85. The number of amides is 1. The molecule has 1 unspecified atom stereocenters. The third-order valence-corrected chi connectivity index (χ3v) is 5.28. The van der Waals surface area contributed by atoms with Crippen LogP contribution in [0.2, 0.25) is 0 Å². The van der Waals surface area contributed by atoms with E-state index in [1.54, 1.807) is 0 Å². The van der Waals surface area contributed by atoms with Crippen molar-refractivity contribution in [2.45, 2.75) is 24.9 Å². The van der Waals surface area contributed by atoms with E-state index < -0.39 is 5.97 Å². The SMILES string of the molecule is CN(CC(=O)O)C1CCN(C(C(=O)Nc2ccccc2)c2ccccc2)CC1. The molecular weight excluding hydrogens is 354 g/mol. The van der Waals surface area contributed by atoms with Gasteiger partial charge in [-0.3, -0.25) is 19.4 Å². The molecule has 2 aromatic rings. The summed E-state index contributed by atoms with van der Waals surface area (Å²) in [5.74, 6) is -0.857.